The monoisotopic (exact) mass is 341 g/mol. The van der Waals surface area contributed by atoms with Crippen molar-refractivity contribution >= 4 is 27.3 Å². The van der Waals surface area contributed by atoms with E-state index in [9.17, 15) is 0 Å². The smallest absolute Gasteiger partial charge is 0.0731 e. The molecule has 2 aromatic heterocycles. The van der Waals surface area contributed by atoms with Crippen LogP contribution in [0.5, 0.6) is 0 Å². The molecule has 2 rings (SSSR count). The lowest BCUT2D eigenvalue weighted by molar-refractivity contribution is 0.546. The van der Waals surface area contributed by atoms with E-state index in [2.05, 4.69) is 63.9 Å². The third-order valence-electron chi connectivity index (χ3n) is 3.27. The van der Waals surface area contributed by atoms with Crippen LogP contribution in [0.15, 0.2) is 15.9 Å². The summed E-state index contributed by atoms with van der Waals surface area (Å²) < 4.78 is 3.32. The van der Waals surface area contributed by atoms with Gasteiger partial charge in [-0.05, 0) is 61.4 Å². The summed E-state index contributed by atoms with van der Waals surface area (Å²) in [6, 6.07) is 4.79. The van der Waals surface area contributed by atoms with Crippen molar-refractivity contribution in [3.8, 4) is 0 Å². The van der Waals surface area contributed by atoms with Crippen molar-refractivity contribution in [2.75, 3.05) is 7.05 Å². The van der Waals surface area contributed by atoms with Crippen molar-refractivity contribution in [1.29, 1.82) is 0 Å². The second-order valence-electron chi connectivity index (χ2n) is 4.74. The maximum Gasteiger partial charge on any atom is 0.0731 e. The Morgan fingerprint density at radius 2 is 2.16 bits per heavy atom. The lowest BCUT2D eigenvalue weighted by atomic mass is 10.1. The van der Waals surface area contributed by atoms with Gasteiger partial charge in [0.05, 0.1) is 9.48 Å². The van der Waals surface area contributed by atoms with Gasteiger partial charge in [-0.15, -0.1) is 11.3 Å². The average molecular weight is 342 g/mol. The van der Waals surface area contributed by atoms with Crippen LogP contribution in [0.25, 0.3) is 0 Å². The summed E-state index contributed by atoms with van der Waals surface area (Å²) in [4.78, 5) is 1.37. The number of nitrogens with zero attached hydrogens (tertiary/aromatic N) is 2. The Balaban J connectivity index is 2.23. The maximum absolute atomic E-state index is 4.52. The van der Waals surface area contributed by atoms with Gasteiger partial charge in [-0.2, -0.15) is 5.10 Å². The summed E-state index contributed by atoms with van der Waals surface area (Å²) in [5.41, 5.74) is 3.69. The van der Waals surface area contributed by atoms with E-state index in [1.54, 1.807) is 0 Å². The van der Waals surface area contributed by atoms with Crippen LogP contribution in [0.2, 0.25) is 0 Å². The Labute approximate surface area is 127 Å². The fourth-order valence-corrected chi connectivity index (χ4v) is 3.93. The van der Waals surface area contributed by atoms with Crippen LogP contribution in [0.3, 0.4) is 0 Å². The molecule has 1 atom stereocenters. The first-order valence-electron chi connectivity index (χ1n) is 6.51. The third-order valence-corrected chi connectivity index (χ3v) is 5.52. The molecule has 0 aromatic carbocycles. The largest absolute Gasteiger partial charge is 0.312 e. The first-order valence-corrected chi connectivity index (χ1v) is 8.12. The number of rotatable bonds is 5. The second-order valence-corrected chi connectivity index (χ2v) is 7.15. The standard InChI is InChI=1S/C14H20BrN3S/c1-5-18-11(7-10(3)17-18)8-12(16-4)13-6-9(2)14(15)19-13/h6-7,12,16H,5,8H2,1-4H3. The average Bonchev–Trinajstić information content (AvgIpc) is 2.90. The minimum absolute atomic E-state index is 0.344. The SMILES string of the molecule is CCn1nc(C)cc1CC(NC)c1cc(C)c(Br)s1. The number of aryl methyl sites for hydroxylation is 3. The molecule has 0 spiro atoms. The van der Waals surface area contributed by atoms with E-state index < -0.39 is 0 Å². The number of aromatic nitrogens is 2. The van der Waals surface area contributed by atoms with Crippen molar-refractivity contribution in [1.82, 2.24) is 15.1 Å². The van der Waals surface area contributed by atoms with Crippen LogP contribution in [0, 0.1) is 13.8 Å². The molecule has 0 saturated heterocycles. The molecule has 2 heterocycles. The number of likely N-dealkylation sites (N-methyl/N-ethyl adjacent to an activating group) is 1. The summed E-state index contributed by atoms with van der Waals surface area (Å²) >= 11 is 5.42. The fraction of sp³-hybridized carbons (Fsp3) is 0.500. The Morgan fingerprint density at radius 1 is 1.42 bits per heavy atom. The molecule has 1 unspecified atom stereocenters. The highest BCUT2D eigenvalue weighted by Gasteiger charge is 2.16. The van der Waals surface area contributed by atoms with Gasteiger partial charge in [0.25, 0.3) is 0 Å². The van der Waals surface area contributed by atoms with Gasteiger partial charge in [0, 0.05) is 29.6 Å². The van der Waals surface area contributed by atoms with E-state index in [-0.39, 0.29) is 0 Å². The summed E-state index contributed by atoms with van der Waals surface area (Å²) in [7, 11) is 2.02. The number of halogens is 1. The van der Waals surface area contributed by atoms with Gasteiger partial charge in [0.15, 0.2) is 0 Å². The van der Waals surface area contributed by atoms with Crippen LogP contribution < -0.4 is 5.32 Å². The van der Waals surface area contributed by atoms with Crippen LogP contribution in [0.1, 0.15) is 34.8 Å². The highest BCUT2D eigenvalue weighted by Crippen LogP contribution is 2.32. The second kappa shape index (κ2) is 6.20. The van der Waals surface area contributed by atoms with E-state index in [0.717, 1.165) is 18.7 Å². The molecule has 0 aliphatic rings. The molecule has 5 heteroatoms. The van der Waals surface area contributed by atoms with Gasteiger partial charge in [-0.25, -0.2) is 0 Å². The third kappa shape index (κ3) is 3.27. The Morgan fingerprint density at radius 3 is 2.68 bits per heavy atom. The molecule has 3 nitrogen and oxygen atoms in total. The summed E-state index contributed by atoms with van der Waals surface area (Å²) in [6.07, 6.45) is 0.970. The maximum atomic E-state index is 4.52. The molecular weight excluding hydrogens is 322 g/mol. The molecule has 0 aliphatic carbocycles. The van der Waals surface area contributed by atoms with Crippen molar-refractivity contribution in [2.24, 2.45) is 0 Å². The summed E-state index contributed by atoms with van der Waals surface area (Å²) in [5, 5.41) is 7.93. The van der Waals surface area contributed by atoms with Crippen LogP contribution in [0.4, 0.5) is 0 Å². The Kier molecular flexibility index (Phi) is 4.81. The normalized spacial score (nSPS) is 12.9. The zero-order valence-electron chi connectivity index (χ0n) is 11.8. The summed E-state index contributed by atoms with van der Waals surface area (Å²) in [5.74, 6) is 0. The fourth-order valence-electron chi connectivity index (χ4n) is 2.25. The molecule has 0 fully saturated rings. The van der Waals surface area contributed by atoms with Crippen LogP contribution in [-0.2, 0) is 13.0 Å². The van der Waals surface area contributed by atoms with E-state index in [0.29, 0.717) is 6.04 Å². The molecule has 0 saturated carbocycles. The van der Waals surface area contributed by atoms with Crippen molar-refractivity contribution in [3.05, 3.63) is 37.7 Å². The highest BCUT2D eigenvalue weighted by atomic mass is 79.9. The zero-order valence-corrected chi connectivity index (χ0v) is 14.2. The zero-order chi connectivity index (χ0) is 14.0. The molecule has 19 heavy (non-hydrogen) atoms. The quantitative estimate of drug-likeness (QED) is 0.895. The van der Waals surface area contributed by atoms with Crippen molar-refractivity contribution in [3.63, 3.8) is 0 Å². The lowest BCUT2D eigenvalue weighted by Crippen LogP contribution is -2.19. The Bertz CT molecular complexity index is 540. The predicted molar refractivity (Wildman–Crippen MR) is 84.9 cm³/mol. The van der Waals surface area contributed by atoms with E-state index in [4.69, 9.17) is 0 Å². The van der Waals surface area contributed by atoms with Gasteiger partial charge in [-0.1, -0.05) is 0 Å². The van der Waals surface area contributed by atoms with Crippen molar-refractivity contribution < 1.29 is 0 Å². The highest BCUT2D eigenvalue weighted by molar-refractivity contribution is 9.11. The minimum atomic E-state index is 0.344. The molecule has 104 valence electrons. The van der Waals surface area contributed by atoms with E-state index in [1.165, 1.54) is 19.9 Å². The lowest BCUT2D eigenvalue weighted by Gasteiger charge is -2.15. The van der Waals surface area contributed by atoms with Crippen LogP contribution in [-0.4, -0.2) is 16.8 Å². The molecular formula is C14H20BrN3S. The van der Waals surface area contributed by atoms with E-state index in [1.807, 2.05) is 18.4 Å². The number of hydrogen-bond donors (Lipinski definition) is 1. The number of thiophene rings is 1. The number of nitrogens with one attached hydrogen (secondary N) is 1. The molecule has 1 N–H and O–H groups in total. The van der Waals surface area contributed by atoms with Gasteiger partial charge in [-0.3, -0.25) is 4.68 Å². The molecule has 0 radical (unpaired) electrons. The first kappa shape index (κ1) is 14.8. The molecule has 2 aromatic rings. The van der Waals surface area contributed by atoms with E-state index >= 15 is 0 Å². The van der Waals surface area contributed by atoms with Gasteiger partial charge in [0.1, 0.15) is 0 Å². The molecule has 0 bridgehead atoms. The van der Waals surface area contributed by atoms with Gasteiger partial charge >= 0.3 is 0 Å². The van der Waals surface area contributed by atoms with Gasteiger partial charge in [0.2, 0.25) is 0 Å². The van der Waals surface area contributed by atoms with Crippen molar-refractivity contribution in [2.45, 2.75) is 39.8 Å². The predicted octanol–water partition coefficient (Wildman–Crippen LogP) is 3.85. The molecule has 0 aliphatic heterocycles. The van der Waals surface area contributed by atoms with Crippen LogP contribution >= 0.6 is 27.3 Å². The first-order chi connectivity index (χ1) is 9.05. The van der Waals surface area contributed by atoms with Gasteiger partial charge < -0.3 is 5.32 Å². The minimum Gasteiger partial charge on any atom is -0.312 e. The summed E-state index contributed by atoms with van der Waals surface area (Å²) in [6.45, 7) is 7.25. The molecule has 0 amide bonds. The Hall–Kier alpha value is -0.650. The number of hydrogen-bond acceptors (Lipinski definition) is 3. The topological polar surface area (TPSA) is 29.9 Å².